The van der Waals surface area contributed by atoms with Gasteiger partial charge >= 0.3 is 0 Å². The monoisotopic (exact) mass is 182 g/mol. The van der Waals surface area contributed by atoms with Crippen molar-refractivity contribution in [3.8, 4) is 0 Å². The molecule has 0 aliphatic carbocycles. The molecule has 1 rings (SSSR count). The van der Waals surface area contributed by atoms with E-state index in [2.05, 4.69) is 4.98 Å². The minimum Gasteiger partial charge on any atom is -0.385 e. The first-order valence-electron chi connectivity index (χ1n) is 4.40. The second-order valence-electron chi connectivity index (χ2n) is 2.98. The molecule has 0 saturated heterocycles. The molecule has 1 N–H and O–H groups in total. The maximum absolute atomic E-state index is 11.4. The fourth-order valence-corrected chi connectivity index (χ4v) is 1.14. The number of aliphatic hydroxyl groups excluding tert-OH is 1. The number of nitrogens with zero attached hydrogens (tertiary/aromatic N) is 2. The Hall–Kier alpha value is -1.16. The molecular weight excluding hydrogens is 168 g/mol. The fraction of sp³-hybridized carbons (Fsp3) is 0.556. The molecule has 0 aliphatic heterocycles. The number of carbonyl (C=O) groups excluding carboxylic acids is 1. The van der Waals surface area contributed by atoms with Crippen molar-refractivity contribution in [1.29, 1.82) is 0 Å². The third kappa shape index (κ3) is 2.15. The van der Waals surface area contributed by atoms with Gasteiger partial charge in [-0.15, -0.1) is 0 Å². The summed E-state index contributed by atoms with van der Waals surface area (Å²) in [6.45, 7) is 4.23. The van der Waals surface area contributed by atoms with E-state index >= 15 is 0 Å². The summed E-state index contributed by atoms with van der Waals surface area (Å²) in [6.07, 6.45) is 3.29. The molecule has 1 unspecified atom stereocenters. The van der Waals surface area contributed by atoms with Crippen LogP contribution in [0.4, 0.5) is 0 Å². The summed E-state index contributed by atoms with van der Waals surface area (Å²) in [5.74, 6) is 0.0234. The molecule has 0 aromatic carbocycles. The summed E-state index contributed by atoms with van der Waals surface area (Å²) >= 11 is 0. The average molecular weight is 182 g/mol. The van der Waals surface area contributed by atoms with Crippen LogP contribution in [-0.4, -0.2) is 26.5 Å². The first-order valence-corrected chi connectivity index (χ1v) is 4.40. The lowest BCUT2D eigenvalue weighted by Crippen LogP contribution is -2.21. The highest BCUT2D eigenvalue weighted by atomic mass is 16.3. The minimum atomic E-state index is -0.974. The van der Waals surface area contributed by atoms with Gasteiger partial charge in [-0.05, 0) is 13.3 Å². The van der Waals surface area contributed by atoms with Crippen molar-refractivity contribution in [3.05, 3.63) is 18.2 Å². The molecule has 4 heteroatoms. The highest BCUT2D eigenvalue weighted by Crippen LogP contribution is 2.03. The van der Waals surface area contributed by atoms with Gasteiger partial charge in [0.25, 0.3) is 0 Å². The van der Waals surface area contributed by atoms with Crippen LogP contribution in [0.5, 0.6) is 0 Å². The molecule has 1 atom stereocenters. The number of aromatic nitrogens is 2. The van der Waals surface area contributed by atoms with E-state index < -0.39 is 6.10 Å². The molecule has 72 valence electrons. The molecule has 1 heterocycles. The van der Waals surface area contributed by atoms with Crippen molar-refractivity contribution in [2.75, 3.05) is 0 Å². The van der Waals surface area contributed by atoms with Gasteiger partial charge in [-0.2, -0.15) is 0 Å². The van der Waals surface area contributed by atoms with Gasteiger partial charge in [-0.1, -0.05) is 6.92 Å². The van der Waals surface area contributed by atoms with Gasteiger partial charge < -0.3 is 9.67 Å². The van der Waals surface area contributed by atoms with Crippen LogP contribution in [0.15, 0.2) is 12.4 Å². The van der Waals surface area contributed by atoms with E-state index in [9.17, 15) is 4.79 Å². The van der Waals surface area contributed by atoms with Crippen molar-refractivity contribution in [3.63, 3.8) is 0 Å². The molecular formula is C9H14N2O2. The summed E-state index contributed by atoms with van der Waals surface area (Å²) in [5, 5.41) is 9.08. The van der Waals surface area contributed by atoms with Crippen LogP contribution in [0.2, 0.25) is 0 Å². The van der Waals surface area contributed by atoms with Gasteiger partial charge in [-0.3, -0.25) is 4.79 Å². The Bertz CT molecular complexity index is 292. The van der Waals surface area contributed by atoms with Gasteiger partial charge in [0.15, 0.2) is 5.82 Å². The molecule has 0 saturated carbocycles. The van der Waals surface area contributed by atoms with Gasteiger partial charge in [0.2, 0.25) is 5.78 Å². The average Bonchev–Trinajstić information content (AvgIpc) is 2.52. The molecule has 0 amide bonds. The highest BCUT2D eigenvalue weighted by molar-refractivity contribution is 5.95. The number of aliphatic hydroxyl groups is 1. The maximum Gasteiger partial charge on any atom is 0.226 e. The summed E-state index contributed by atoms with van der Waals surface area (Å²) in [5.41, 5.74) is 0. The Morgan fingerprint density at radius 2 is 2.46 bits per heavy atom. The lowest BCUT2D eigenvalue weighted by Gasteiger charge is -2.06. The third-order valence-electron chi connectivity index (χ3n) is 1.78. The summed E-state index contributed by atoms with van der Waals surface area (Å²) in [6, 6.07) is 0. The third-order valence-corrected chi connectivity index (χ3v) is 1.78. The van der Waals surface area contributed by atoms with E-state index in [0.29, 0.717) is 5.82 Å². The highest BCUT2D eigenvalue weighted by Gasteiger charge is 2.16. The van der Waals surface area contributed by atoms with E-state index in [-0.39, 0.29) is 5.78 Å². The summed E-state index contributed by atoms with van der Waals surface area (Å²) < 4.78 is 1.76. The molecule has 0 aliphatic rings. The van der Waals surface area contributed by atoms with Gasteiger partial charge in [0.05, 0.1) is 0 Å². The van der Waals surface area contributed by atoms with Crippen LogP contribution in [0.1, 0.15) is 30.9 Å². The second-order valence-corrected chi connectivity index (χ2v) is 2.98. The first kappa shape index (κ1) is 9.92. The van der Waals surface area contributed by atoms with E-state index in [4.69, 9.17) is 5.11 Å². The molecule has 0 fully saturated rings. The van der Waals surface area contributed by atoms with Gasteiger partial charge in [0.1, 0.15) is 6.10 Å². The Morgan fingerprint density at radius 1 is 1.77 bits per heavy atom. The predicted molar refractivity (Wildman–Crippen MR) is 48.5 cm³/mol. The van der Waals surface area contributed by atoms with Crippen molar-refractivity contribution < 1.29 is 9.90 Å². The number of hydrogen-bond donors (Lipinski definition) is 1. The first-order chi connectivity index (χ1) is 6.16. The fourth-order valence-electron chi connectivity index (χ4n) is 1.14. The van der Waals surface area contributed by atoms with Crippen LogP contribution in [-0.2, 0) is 6.54 Å². The number of hydrogen-bond acceptors (Lipinski definition) is 3. The zero-order valence-corrected chi connectivity index (χ0v) is 7.90. The molecule has 0 radical (unpaired) electrons. The number of imidazole rings is 1. The maximum atomic E-state index is 11.4. The Kier molecular flexibility index (Phi) is 3.19. The van der Waals surface area contributed by atoms with E-state index in [1.807, 2.05) is 6.92 Å². The summed E-state index contributed by atoms with van der Waals surface area (Å²) in [7, 11) is 0. The normalized spacial score (nSPS) is 12.8. The van der Waals surface area contributed by atoms with Gasteiger partial charge in [0, 0.05) is 18.9 Å². The van der Waals surface area contributed by atoms with Crippen molar-refractivity contribution in [2.45, 2.75) is 32.9 Å². The number of rotatable bonds is 4. The Labute approximate surface area is 77.2 Å². The van der Waals surface area contributed by atoms with Crippen LogP contribution in [0.3, 0.4) is 0 Å². The summed E-state index contributed by atoms with van der Waals surface area (Å²) in [4.78, 5) is 15.3. The molecule has 0 bridgehead atoms. The molecule has 1 aromatic heterocycles. The predicted octanol–water partition coefficient (Wildman–Crippen LogP) is 0.857. The van der Waals surface area contributed by atoms with Crippen molar-refractivity contribution in [2.24, 2.45) is 0 Å². The van der Waals surface area contributed by atoms with Crippen molar-refractivity contribution in [1.82, 2.24) is 9.55 Å². The zero-order chi connectivity index (χ0) is 9.84. The van der Waals surface area contributed by atoms with Crippen LogP contribution in [0.25, 0.3) is 0 Å². The van der Waals surface area contributed by atoms with Crippen LogP contribution < -0.4 is 0 Å². The van der Waals surface area contributed by atoms with Crippen LogP contribution >= 0.6 is 0 Å². The minimum absolute atomic E-state index is 0.321. The van der Waals surface area contributed by atoms with Crippen LogP contribution in [0, 0.1) is 0 Å². The smallest absolute Gasteiger partial charge is 0.226 e. The lowest BCUT2D eigenvalue weighted by atomic mass is 10.2. The molecule has 0 spiro atoms. The zero-order valence-electron chi connectivity index (χ0n) is 7.90. The SMILES string of the molecule is CCCn1ccnc1C(=O)C(C)O. The number of carbonyl (C=O) groups is 1. The van der Waals surface area contributed by atoms with E-state index in [0.717, 1.165) is 13.0 Å². The molecule has 13 heavy (non-hydrogen) atoms. The van der Waals surface area contributed by atoms with Crippen molar-refractivity contribution >= 4 is 5.78 Å². The molecule has 4 nitrogen and oxygen atoms in total. The standard InChI is InChI=1S/C9H14N2O2/c1-3-5-11-6-4-10-9(11)8(13)7(2)12/h4,6-7,12H,3,5H2,1-2H3. The number of ketones is 1. The topological polar surface area (TPSA) is 55.1 Å². The second kappa shape index (κ2) is 4.18. The number of aryl methyl sites for hydroxylation is 1. The largest absolute Gasteiger partial charge is 0.385 e. The molecule has 1 aromatic rings. The van der Waals surface area contributed by atoms with E-state index in [1.165, 1.54) is 6.92 Å². The number of Topliss-reactive ketones (excluding diaryl/α,β-unsaturated/α-hetero) is 1. The Morgan fingerprint density at radius 3 is 3.00 bits per heavy atom. The lowest BCUT2D eigenvalue weighted by molar-refractivity contribution is 0.0763. The Balaban J connectivity index is 2.87. The quantitative estimate of drug-likeness (QED) is 0.702. The van der Waals surface area contributed by atoms with Gasteiger partial charge in [-0.25, -0.2) is 4.98 Å². The van der Waals surface area contributed by atoms with E-state index in [1.54, 1.807) is 17.0 Å².